The van der Waals surface area contributed by atoms with Crippen LogP contribution in [0.4, 0.5) is 0 Å². The molecular formula is C25H18Br2ClIN2O4. The maximum absolute atomic E-state index is 12.6. The molecule has 10 heteroatoms. The molecule has 0 radical (unpaired) electrons. The molecule has 0 fully saturated rings. The van der Waals surface area contributed by atoms with Gasteiger partial charge in [0.25, 0.3) is 0 Å². The zero-order valence-electron chi connectivity index (χ0n) is 18.3. The van der Waals surface area contributed by atoms with E-state index in [1.807, 2.05) is 49.4 Å². The van der Waals surface area contributed by atoms with Crippen molar-refractivity contribution < 1.29 is 18.7 Å². The zero-order valence-corrected chi connectivity index (χ0v) is 24.4. The third-order valence-electron chi connectivity index (χ3n) is 4.80. The van der Waals surface area contributed by atoms with Crippen LogP contribution in [0.5, 0.6) is 11.5 Å². The van der Waals surface area contributed by atoms with Gasteiger partial charge in [-0.2, -0.15) is 5.10 Å². The standard InChI is InChI=1S/C25H18Br2ClIN2O4/c1-2-33-21-9-16(19(27)11-22(21)34-13-14-3-5-18(28)6-4-14)12-30-31-25(32)23-8-15-7-17(26)10-20(29)24(15)35-23/h3-12H,2,13H2,1H3,(H,31,32)/b30-12-. The molecule has 4 rings (SSSR count). The average molecular weight is 733 g/mol. The van der Waals surface area contributed by atoms with Crippen LogP contribution in [0.1, 0.15) is 28.6 Å². The predicted molar refractivity (Wildman–Crippen MR) is 153 cm³/mol. The summed E-state index contributed by atoms with van der Waals surface area (Å²) in [5.74, 6) is 0.870. The highest BCUT2D eigenvalue weighted by Crippen LogP contribution is 2.34. The fourth-order valence-electron chi connectivity index (χ4n) is 3.18. The Kier molecular flexibility index (Phi) is 8.74. The average Bonchev–Trinajstić information content (AvgIpc) is 3.25. The van der Waals surface area contributed by atoms with Crippen molar-refractivity contribution in [3.8, 4) is 11.5 Å². The summed E-state index contributed by atoms with van der Waals surface area (Å²) in [6, 6.07) is 16.5. The minimum atomic E-state index is -0.451. The van der Waals surface area contributed by atoms with Crippen LogP contribution in [-0.2, 0) is 6.61 Å². The Morgan fingerprint density at radius 3 is 2.60 bits per heavy atom. The van der Waals surface area contributed by atoms with E-state index in [0.29, 0.717) is 40.9 Å². The van der Waals surface area contributed by atoms with Crippen LogP contribution < -0.4 is 14.9 Å². The van der Waals surface area contributed by atoms with Gasteiger partial charge in [0.1, 0.15) is 12.2 Å². The molecule has 1 amide bonds. The van der Waals surface area contributed by atoms with Gasteiger partial charge < -0.3 is 13.9 Å². The van der Waals surface area contributed by atoms with E-state index in [0.717, 1.165) is 23.5 Å². The van der Waals surface area contributed by atoms with Crippen LogP contribution in [0.15, 0.2) is 73.1 Å². The lowest BCUT2D eigenvalue weighted by molar-refractivity contribution is 0.0929. The number of hydrogen-bond donors (Lipinski definition) is 1. The van der Waals surface area contributed by atoms with Crippen LogP contribution in [0.2, 0.25) is 5.02 Å². The number of hydrogen-bond acceptors (Lipinski definition) is 5. The summed E-state index contributed by atoms with van der Waals surface area (Å²) < 4.78 is 20.0. The van der Waals surface area contributed by atoms with Crippen LogP contribution in [0.25, 0.3) is 11.0 Å². The number of nitrogens with one attached hydrogen (secondary N) is 1. The number of carbonyl (C=O) groups is 1. The van der Waals surface area contributed by atoms with Gasteiger partial charge in [0.15, 0.2) is 17.3 Å². The van der Waals surface area contributed by atoms with E-state index < -0.39 is 5.91 Å². The molecule has 35 heavy (non-hydrogen) atoms. The number of ether oxygens (including phenoxy) is 2. The molecule has 0 spiro atoms. The molecule has 0 aliphatic carbocycles. The Labute approximate surface area is 237 Å². The molecule has 6 nitrogen and oxygen atoms in total. The Balaban J connectivity index is 1.47. The number of benzene rings is 3. The van der Waals surface area contributed by atoms with E-state index in [1.165, 1.54) is 6.21 Å². The zero-order chi connectivity index (χ0) is 24.9. The van der Waals surface area contributed by atoms with Crippen molar-refractivity contribution in [3.05, 3.63) is 89.0 Å². The normalized spacial score (nSPS) is 11.2. The fourth-order valence-corrected chi connectivity index (χ4v) is 5.39. The highest BCUT2D eigenvalue weighted by Gasteiger charge is 2.15. The van der Waals surface area contributed by atoms with Gasteiger partial charge in [-0.25, -0.2) is 5.43 Å². The summed E-state index contributed by atoms with van der Waals surface area (Å²) in [7, 11) is 0. The number of fused-ring (bicyclic) bond motifs is 1. The van der Waals surface area contributed by atoms with Crippen molar-refractivity contribution in [2.24, 2.45) is 5.10 Å². The lowest BCUT2D eigenvalue weighted by Crippen LogP contribution is -2.16. The second kappa shape index (κ2) is 11.8. The molecular weight excluding hydrogens is 714 g/mol. The molecule has 0 unspecified atom stereocenters. The van der Waals surface area contributed by atoms with Crippen LogP contribution in [0.3, 0.4) is 0 Å². The first-order valence-electron chi connectivity index (χ1n) is 10.4. The number of furan rings is 1. The molecule has 0 saturated heterocycles. The van der Waals surface area contributed by atoms with Gasteiger partial charge in [0, 0.05) is 24.9 Å². The first-order valence-corrected chi connectivity index (χ1v) is 13.4. The first kappa shape index (κ1) is 26.0. The van der Waals surface area contributed by atoms with Crippen LogP contribution in [-0.4, -0.2) is 18.7 Å². The number of rotatable bonds is 8. The predicted octanol–water partition coefficient (Wildman–Crippen LogP) is 7.96. The van der Waals surface area contributed by atoms with Gasteiger partial charge in [-0.05, 0) is 93.5 Å². The monoisotopic (exact) mass is 730 g/mol. The Morgan fingerprint density at radius 1 is 1.11 bits per heavy atom. The van der Waals surface area contributed by atoms with Gasteiger partial charge in [0.05, 0.1) is 16.4 Å². The summed E-state index contributed by atoms with van der Waals surface area (Å²) >= 11 is 15.1. The van der Waals surface area contributed by atoms with E-state index >= 15 is 0 Å². The highest BCUT2D eigenvalue weighted by atomic mass is 127. The molecule has 3 aromatic carbocycles. The lowest BCUT2D eigenvalue weighted by Gasteiger charge is -2.14. The van der Waals surface area contributed by atoms with E-state index in [1.54, 1.807) is 12.1 Å². The third-order valence-corrected chi connectivity index (χ3v) is 7.00. The number of nitrogens with zero attached hydrogens (tertiary/aromatic N) is 1. The Morgan fingerprint density at radius 2 is 1.86 bits per heavy atom. The highest BCUT2D eigenvalue weighted by molar-refractivity contribution is 14.1. The number of hydrazone groups is 1. The molecule has 0 bridgehead atoms. The van der Waals surface area contributed by atoms with Crippen molar-refractivity contribution >= 4 is 89.1 Å². The van der Waals surface area contributed by atoms with E-state index in [4.69, 9.17) is 25.5 Å². The summed E-state index contributed by atoms with van der Waals surface area (Å²) in [6.07, 6.45) is 1.52. The molecule has 4 aromatic rings. The molecule has 0 aliphatic rings. The summed E-state index contributed by atoms with van der Waals surface area (Å²) in [5.41, 5.74) is 4.84. The van der Waals surface area contributed by atoms with Gasteiger partial charge in [-0.3, -0.25) is 4.79 Å². The molecule has 0 saturated carbocycles. The Hall–Kier alpha value is -2.08. The van der Waals surface area contributed by atoms with Gasteiger partial charge in [0.2, 0.25) is 0 Å². The van der Waals surface area contributed by atoms with Crippen molar-refractivity contribution in [1.82, 2.24) is 5.43 Å². The largest absolute Gasteiger partial charge is 0.490 e. The lowest BCUT2D eigenvalue weighted by atomic mass is 10.2. The molecule has 180 valence electrons. The van der Waals surface area contributed by atoms with Crippen molar-refractivity contribution in [2.45, 2.75) is 13.5 Å². The molecule has 1 aromatic heterocycles. The quantitative estimate of drug-likeness (QED) is 0.113. The smallest absolute Gasteiger partial charge is 0.307 e. The minimum absolute atomic E-state index is 0.174. The van der Waals surface area contributed by atoms with Gasteiger partial charge >= 0.3 is 5.91 Å². The second-order valence-electron chi connectivity index (χ2n) is 7.28. The molecule has 0 atom stereocenters. The first-order chi connectivity index (χ1) is 16.8. The fraction of sp³-hybridized carbons (Fsp3) is 0.120. The Bertz CT molecular complexity index is 1410. The topological polar surface area (TPSA) is 73.1 Å². The third kappa shape index (κ3) is 6.58. The maximum Gasteiger partial charge on any atom is 0.307 e. The van der Waals surface area contributed by atoms with Crippen molar-refractivity contribution in [2.75, 3.05) is 6.61 Å². The van der Waals surface area contributed by atoms with Gasteiger partial charge in [-0.1, -0.05) is 39.7 Å². The van der Waals surface area contributed by atoms with Crippen LogP contribution >= 0.6 is 66.1 Å². The maximum atomic E-state index is 12.6. The van der Waals surface area contributed by atoms with Gasteiger partial charge in [-0.15, -0.1) is 0 Å². The molecule has 0 aliphatic heterocycles. The second-order valence-corrected chi connectivity index (χ2v) is 10.7. The molecule has 1 heterocycles. The van der Waals surface area contributed by atoms with Crippen LogP contribution in [0, 0.1) is 3.57 Å². The number of amides is 1. The number of carbonyl (C=O) groups excluding carboxylic acids is 1. The number of halogens is 4. The molecule has 1 N–H and O–H groups in total. The van der Waals surface area contributed by atoms with Crippen molar-refractivity contribution in [3.63, 3.8) is 0 Å². The van der Waals surface area contributed by atoms with E-state index in [9.17, 15) is 4.79 Å². The summed E-state index contributed by atoms with van der Waals surface area (Å²) in [6.45, 7) is 2.72. The van der Waals surface area contributed by atoms with E-state index in [-0.39, 0.29) is 5.76 Å². The van der Waals surface area contributed by atoms with Crippen molar-refractivity contribution in [1.29, 1.82) is 0 Å². The minimum Gasteiger partial charge on any atom is -0.490 e. The van der Waals surface area contributed by atoms with E-state index in [2.05, 4.69) is 65.0 Å². The SMILES string of the molecule is CCOc1cc(/C=N\NC(=O)c2cc3cc(Br)cc(I)c3o2)c(Br)cc1OCc1ccc(Cl)cc1. The summed E-state index contributed by atoms with van der Waals surface area (Å²) in [5, 5.41) is 5.59. The summed E-state index contributed by atoms with van der Waals surface area (Å²) in [4.78, 5) is 12.6.